The Kier molecular flexibility index (Phi) is 4.05. The van der Waals surface area contributed by atoms with Crippen molar-refractivity contribution < 1.29 is 24.4 Å². The van der Waals surface area contributed by atoms with Crippen molar-refractivity contribution in [3.8, 4) is 0 Å². The van der Waals surface area contributed by atoms with Gasteiger partial charge in [-0.3, -0.25) is 0 Å². The molecule has 0 radical (unpaired) electrons. The molecule has 0 amide bonds. The molecule has 1 saturated heterocycles. The highest BCUT2D eigenvalue weighted by Crippen LogP contribution is 2.26. The van der Waals surface area contributed by atoms with Gasteiger partial charge >= 0.3 is 0 Å². The molecule has 5 heteroatoms. The van der Waals surface area contributed by atoms with Crippen molar-refractivity contribution in [3.63, 3.8) is 0 Å². The Labute approximate surface area is 118 Å². The van der Waals surface area contributed by atoms with Crippen molar-refractivity contribution in [2.45, 2.75) is 50.7 Å². The Balaban J connectivity index is 1.86. The minimum absolute atomic E-state index is 0.284. The van der Waals surface area contributed by atoms with E-state index in [1.54, 1.807) is 6.92 Å². The number of rotatable bonds is 0. The van der Waals surface area contributed by atoms with Gasteiger partial charge in [-0.25, -0.2) is 0 Å². The maximum absolute atomic E-state index is 10.3. The fourth-order valence-corrected chi connectivity index (χ4v) is 2.76. The van der Waals surface area contributed by atoms with E-state index >= 15 is 0 Å². The first-order valence-corrected chi connectivity index (χ1v) is 6.94. The van der Waals surface area contributed by atoms with Gasteiger partial charge < -0.3 is 24.4 Å². The average molecular weight is 280 g/mol. The normalized spacial score (nSPS) is 38.0. The van der Waals surface area contributed by atoms with E-state index in [0.717, 1.165) is 11.1 Å². The number of hydrogen-bond acceptors (Lipinski definition) is 5. The molecule has 20 heavy (non-hydrogen) atoms. The first-order valence-electron chi connectivity index (χ1n) is 6.94. The smallest absolute Gasteiger partial charge is 0.115 e. The van der Waals surface area contributed by atoms with Crippen LogP contribution in [0.15, 0.2) is 24.3 Å². The zero-order valence-corrected chi connectivity index (χ0v) is 11.4. The fraction of sp³-hybridized carbons (Fsp3) is 0.600. The molecule has 2 N–H and O–H groups in total. The molecule has 2 heterocycles. The van der Waals surface area contributed by atoms with Gasteiger partial charge in [0.1, 0.15) is 24.4 Å². The summed E-state index contributed by atoms with van der Waals surface area (Å²) in [6.07, 6.45) is -3.23. The van der Waals surface area contributed by atoms with E-state index in [9.17, 15) is 10.2 Å². The summed E-state index contributed by atoms with van der Waals surface area (Å²) in [4.78, 5) is 0. The number of fused-ring (bicyclic) bond motifs is 3. The van der Waals surface area contributed by atoms with Crippen molar-refractivity contribution in [3.05, 3.63) is 35.4 Å². The van der Waals surface area contributed by atoms with Gasteiger partial charge in [0.25, 0.3) is 0 Å². The number of hydrogen-bond donors (Lipinski definition) is 2. The molecule has 0 aromatic heterocycles. The van der Waals surface area contributed by atoms with Crippen LogP contribution in [0, 0.1) is 0 Å². The van der Waals surface area contributed by atoms with E-state index in [0.29, 0.717) is 13.2 Å². The van der Waals surface area contributed by atoms with Crippen LogP contribution in [-0.2, 0) is 27.4 Å². The highest BCUT2D eigenvalue weighted by atomic mass is 16.6. The summed E-state index contributed by atoms with van der Waals surface area (Å²) in [6.45, 7) is 2.87. The summed E-state index contributed by atoms with van der Waals surface area (Å²) >= 11 is 0. The van der Waals surface area contributed by atoms with Crippen LogP contribution in [0.4, 0.5) is 0 Å². The topological polar surface area (TPSA) is 68.2 Å². The Morgan fingerprint density at radius 2 is 1.75 bits per heavy atom. The third-order valence-corrected chi connectivity index (χ3v) is 4.01. The molecule has 0 aliphatic carbocycles. The lowest BCUT2D eigenvalue weighted by Gasteiger charge is -2.42. The van der Waals surface area contributed by atoms with Crippen molar-refractivity contribution in [1.82, 2.24) is 0 Å². The van der Waals surface area contributed by atoms with E-state index in [2.05, 4.69) is 0 Å². The van der Waals surface area contributed by atoms with Gasteiger partial charge in [-0.05, 0) is 18.1 Å². The van der Waals surface area contributed by atoms with Gasteiger partial charge in [0.05, 0.1) is 25.9 Å². The first-order chi connectivity index (χ1) is 9.66. The maximum atomic E-state index is 10.3. The molecule has 1 aromatic rings. The third kappa shape index (κ3) is 2.60. The van der Waals surface area contributed by atoms with E-state index < -0.39 is 24.4 Å². The van der Waals surface area contributed by atoms with Crippen LogP contribution in [0.25, 0.3) is 0 Å². The maximum Gasteiger partial charge on any atom is 0.115 e. The molecule has 110 valence electrons. The summed E-state index contributed by atoms with van der Waals surface area (Å²) < 4.78 is 17.0. The van der Waals surface area contributed by atoms with E-state index in [-0.39, 0.29) is 12.7 Å². The standard InChI is InChI=1S/C15H20O5/c1-9-13(16)15-14(17)12(20-9)8-18-6-10-4-2-3-5-11(10)7-19-15/h2-5,9,12-17H,6-8H2,1H3/t9?,12?,13?,14-,15+/m1/s1. The minimum Gasteiger partial charge on any atom is -0.388 e. The Morgan fingerprint density at radius 1 is 1.05 bits per heavy atom. The lowest BCUT2D eigenvalue weighted by molar-refractivity contribution is -0.244. The van der Waals surface area contributed by atoms with Crippen LogP contribution < -0.4 is 0 Å². The predicted molar refractivity (Wildman–Crippen MR) is 71.0 cm³/mol. The molecule has 2 bridgehead atoms. The summed E-state index contributed by atoms with van der Waals surface area (Å²) in [6, 6.07) is 7.86. The number of ether oxygens (including phenoxy) is 3. The zero-order chi connectivity index (χ0) is 14.1. The van der Waals surface area contributed by atoms with E-state index in [4.69, 9.17) is 14.2 Å². The van der Waals surface area contributed by atoms with Crippen LogP contribution in [0.5, 0.6) is 0 Å². The molecular weight excluding hydrogens is 260 g/mol. The highest BCUT2D eigenvalue weighted by molar-refractivity contribution is 5.26. The molecule has 1 aromatic carbocycles. The average Bonchev–Trinajstić information content (AvgIpc) is 2.45. The fourth-order valence-electron chi connectivity index (χ4n) is 2.76. The second-order valence-electron chi connectivity index (χ2n) is 5.42. The molecule has 3 unspecified atom stereocenters. The van der Waals surface area contributed by atoms with Crippen LogP contribution in [0.2, 0.25) is 0 Å². The Bertz CT molecular complexity index is 463. The van der Waals surface area contributed by atoms with E-state index in [1.807, 2.05) is 24.3 Å². The van der Waals surface area contributed by atoms with Crippen LogP contribution in [0.1, 0.15) is 18.1 Å². The summed E-state index contributed by atoms with van der Waals surface area (Å²) in [5.74, 6) is 0. The lowest BCUT2D eigenvalue weighted by atomic mass is 9.95. The van der Waals surface area contributed by atoms with Gasteiger partial charge in [-0.2, -0.15) is 0 Å². The molecular formula is C15H20O5. The van der Waals surface area contributed by atoms with Gasteiger partial charge in [0, 0.05) is 0 Å². The first kappa shape index (κ1) is 14.0. The van der Waals surface area contributed by atoms with Gasteiger partial charge in [0.2, 0.25) is 0 Å². The summed E-state index contributed by atoms with van der Waals surface area (Å²) in [5, 5.41) is 20.4. The van der Waals surface area contributed by atoms with Crippen LogP contribution in [-0.4, -0.2) is 47.3 Å². The van der Waals surface area contributed by atoms with Gasteiger partial charge in [-0.1, -0.05) is 24.3 Å². The molecule has 2 aliphatic heterocycles. The Morgan fingerprint density at radius 3 is 2.50 bits per heavy atom. The molecule has 5 atom stereocenters. The molecule has 2 aliphatic rings. The molecule has 3 rings (SSSR count). The van der Waals surface area contributed by atoms with Crippen molar-refractivity contribution in [2.75, 3.05) is 6.61 Å². The molecule has 5 nitrogen and oxygen atoms in total. The summed E-state index contributed by atoms with van der Waals surface area (Å²) in [5.41, 5.74) is 2.08. The molecule has 1 fully saturated rings. The van der Waals surface area contributed by atoms with Crippen LogP contribution >= 0.6 is 0 Å². The monoisotopic (exact) mass is 280 g/mol. The summed E-state index contributed by atoms with van der Waals surface area (Å²) in [7, 11) is 0. The van der Waals surface area contributed by atoms with E-state index in [1.165, 1.54) is 0 Å². The number of aliphatic hydroxyl groups excluding tert-OH is 2. The second kappa shape index (κ2) is 5.79. The third-order valence-electron chi connectivity index (χ3n) is 4.01. The van der Waals surface area contributed by atoms with Gasteiger partial charge in [-0.15, -0.1) is 0 Å². The molecule has 0 saturated carbocycles. The van der Waals surface area contributed by atoms with Gasteiger partial charge in [0.15, 0.2) is 0 Å². The quantitative estimate of drug-likeness (QED) is 0.729. The number of benzene rings is 1. The minimum atomic E-state index is -0.883. The zero-order valence-electron chi connectivity index (χ0n) is 11.4. The van der Waals surface area contributed by atoms with Crippen molar-refractivity contribution >= 4 is 0 Å². The SMILES string of the molecule is CC1OC2COCc3ccccc3CO[C@@H](C1O)[C@@H]2O. The van der Waals surface area contributed by atoms with Crippen molar-refractivity contribution in [1.29, 1.82) is 0 Å². The molecule has 0 spiro atoms. The predicted octanol–water partition coefficient (Wildman–Crippen LogP) is 0.611. The lowest BCUT2D eigenvalue weighted by Crippen LogP contribution is -2.58. The largest absolute Gasteiger partial charge is 0.388 e. The van der Waals surface area contributed by atoms with Crippen LogP contribution in [0.3, 0.4) is 0 Å². The number of aliphatic hydroxyl groups is 2. The Hall–Kier alpha value is -0.980. The van der Waals surface area contributed by atoms with Crippen molar-refractivity contribution in [2.24, 2.45) is 0 Å². The second-order valence-corrected chi connectivity index (χ2v) is 5.42. The highest BCUT2D eigenvalue weighted by Gasteiger charge is 2.43.